The highest BCUT2D eigenvalue weighted by molar-refractivity contribution is 5.52. The van der Waals surface area contributed by atoms with Gasteiger partial charge in [0.25, 0.3) is 0 Å². The third-order valence-electron chi connectivity index (χ3n) is 1.74. The molecule has 0 fully saturated rings. The van der Waals surface area contributed by atoms with E-state index in [2.05, 4.69) is 9.97 Å². The van der Waals surface area contributed by atoms with Crippen molar-refractivity contribution in [2.45, 2.75) is 6.92 Å². The van der Waals surface area contributed by atoms with Gasteiger partial charge in [-0.3, -0.25) is 0 Å². The Morgan fingerprint density at radius 2 is 2.00 bits per heavy atom. The van der Waals surface area contributed by atoms with Gasteiger partial charge in [0.1, 0.15) is 0 Å². The molecule has 66 valence electrons. The lowest BCUT2D eigenvalue weighted by Crippen LogP contribution is -1.92. The Balaban J connectivity index is 2.47. The molecule has 0 saturated carbocycles. The fourth-order valence-electron chi connectivity index (χ4n) is 1.06. The number of rotatable bonds is 1. The van der Waals surface area contributed by atoms with E-state index in [0.29, 0.717) is 17.3 Å². The van der Waals surface area contributed by atoms with Crippen molar-refractivity contribution in [1.82, 2.24) is 9.97 Å². The smallest absolute Gasteiger partial charge is 0.196 e. The fourth-order valence-corrected chi connectivity index (χ4v) is 1.06. The summed E-state index contributed by atoms with van der Waals surface area (Å²) in [6, 6.07) is 1.87. The quantitative estimate of drug-likeness (QED) is 0.715. The van der Waals surface area contributed by atoms with Gasteiger partial charge in [0.2, 0.25) is 0 Å². The molecule has 0 unspecified atom stereocenters. The Kier molecular flexibility index (Phi) is 1.73. The summed E-state index contributed by atoms with van der Waals surface area (Å²) in [6.07, 6.45) is 4.74. The Hall–Kier alpha value is -1.84. The second-order valence-corrected chi connectivity index (χ2v) is 2.77. The van der Waals surface area contributed by atoms with Gasteiger partial charge >= 0.3 is 0 Å². The van der Waals surface area contributed by atoms with Gasteiger partial charge in [-0.25, -0.2) is 9.97 Å². The molecule has 0 aliphatic carbocycles. The molecule has 2 aromatic rings. The molecule has 2 aromatic heterocycles. The van der Waals surface area contributed by atoms with Crippen LogP contribution in [0, 0.1) is 6.92 Å². The van der Waals surface area contributed by atoms with E-state index in [-0.39, 0.29) is 0 Å². The molecule has 0 aliphatic heterocycles. The number of hydrogen-bond acceptors (Lipinski definition) is 4. The van der Waals surface area contributed by atoms with Crippen molar-refractivity contribution in [2.24, 2.45) is 0 Å². The van der Waals surface area contributed by atoms with Gasteiger partial charge in [-0.1, -0.05) is 0 Å². The number of hydrogen-bond donors (Lipinski definition) is 1. The van der Waals surface area contributed by atoms with Gasteiger partial charge in [0, 0.05) is 0 Å². The summed E-state index contributed by atoms with van der Waals surface area (Å²) in [5.74, 6) is 1.26. The maximum Gasteiger partial charge on any atom is 0.196 e. The van der Waals surface area contributed by atoms with Crippen molar-refractivity contribution < 1.29 is 4.42 Å². The van der Waals surface area contributed by atoms with Crippen LogP contribution in [0.15, 0.2) is 29.1 Å². The third kappa shape index (κ3) is 1.38. The summed E-state index contributed by atoms with van der Waals surface area (Å²) in [5, 5.41) is 0. The zero-order valence-corrected chi connectivity index (χ0v) is 7.19. The minimum Gasteiger partial charge on any atom is -0.461 e. The van der Waals surface area contributed by atoms with Crippen LogP contribution < -0.4 is 5.73 Å². The topological polar surface area (TPSA) is 64.9 Å². The van der Waals surface area contributed by atoms with Crippen LogP contribution in [0.3, 0.4) is 0 Å². The standard InChI is InChI=1S/C9H9N3O/c1-6-2-3-13-8(6)9-11-4-7(10)5-12-9/h2-5H,10H2,1H3. The first kappa shape index (κ1) is 7.79. The average molecular weight is 175 g/mol. The highest BCUT2D eigenvalue weighted by Gasteiger charge is 2.07. The number of furan rings is 1. The molecule has 0 aromatic carbocycles. The molecular formula is C9H9N3O. The van der Waals surface area contributed by atoms with Crippen LogP contribution in [-0.2, 0) is 0 Å². The molecule has 0 radical (unpaired) electrons. The molecule has 13 heavy (non-hydrogen) atoms. The maximum atomic E-state index is 5.46. The predicted molar refractivity (Wildman–Crippen MR) is 48.9 cm³/mol. The SMILES string of the molecule is Cc1ccoc1-c1ncc(N)cn1. The number of nitrogen functional groups attached to an aromatic ring is 1. The van der Waals surface area contributed by atoms with Crippen LogP contribution in [-0.4, -0.2) is 9.97 Å². The van der Waals surface area contributed by atoms with Gasteiger partial charge in [-0.15, -0.1) is 0 Å². The summed E-state index contributed by atoms with van der Waals surface area (Å²) < 4.78 is 5.22. The first-order chi connectivity index (χ1) is 6.27. The van der Waals surface area contributed by atoms with Crippen molar-refractivity contribution in [1.29, 1.82) is 0 Å². The minimum atomic E-state index is 0.549. The number of aromatic nitrogens is 2. The van der Waals surface area contributed by atoms with Crippen LogP contribution in [0.25, 0.3) is 11.6 Å². The normalized spacial score (nSPS) is 10.2. The first-order valence-corrected chi connectivity index (χ1v) is 3.89. The maximum absolute atomic E-state index is 5.46. The van der Waals surface area contributed by atoms with Crippen LogP contribution in [0.1, 0.15) is 5.56 Å². The molecule has 0 atom stereocenters. The van der Waals surface area contributed by atoms with Crippen LogP contribution in [0.5, 0.6) is 0 Å². The van der Waals surface area contributed by atoms with Crippen molar-refractivity contribution in [3.63, 3.8) is 0 Å². The summed E-state index contributed by atoms with van der Waals surface area (Å²) in [4.78, 5) is 8.10. The molecule has 0 saturated heterocycles. The molecule has 4 heteroatoms. The third-order valence-corrected chi connectivity index (χ3v) is 1.74. The van der Waals surface area contributed by atoms with Gasteiger partial charge in [0.15, 0.2) is 11.6 Å². The van der Waals surface area contributed by atoms with Crippen molar-refractivity contribution in [3.8, 4) is 11.6 Å². The first-order valence-electron chi connectivity index (χ1n) is 3.89. The molecule has 0 aliphatic rings. The zero-order valence-electron chi connectivity index (χ0n) is 7.19. The summed E-state index contributed by atoms with van der Waals surface area (Å²) in [7, 11) is 0. The second-order valence-electron chi connectivity index (χ2n) is 2.77. The van der Waals surface area contributed by atoms with Crippen LogP contribution in [0.4, 0.5) is 5.69 Å². The van der Waals surface area contributed by atoms with E-state index in [1.54, 1.807) is 18.7 Å². The monoisotopic (exact) mass is 175 g/mol. The van der Waals surface area contributed by atoms with E-state index >= 15 is 0 Å². The Bertz CT molecular complexity index is 405. The number of nitrogens with zero attached hydrogens (tertiary/aromatic N) is 2. The molecule has 2 N–H and O–H groups in total. The lowest BCUT2D eigenvalue weighted by atomic mass is 10.3. The Labute approximate surface area is 75.4 Å². The van der Waals surface area contributed by atoms with Crippen molar-refractivity contribution in [3.05, 3.63) is 30.3 Å². The number of anilines is 1. The second kappa shape index (κ2) is 2.90. The number of nitrogens with two attached hydrogens (primary N) is 1. The molecule has 0 amide bonds. The van der Waals surface area contributed by atoms with Crippen LogP contribution >= 0.6 is 0 Å². The Morgan fingerprint density at radius 1 is 1.31 bits per heavy atom. The van der Waals surface area contributed by atoms with Crippen LogP contribution in [0.2, 0.25) is 0 Å². The van der Waals surface area contributed by atoms with E-state index in [0.717, 1.165) is 5.56 Å². The average Bonchev–Trinajstić information content (AvgIpc) is 2.53. The predicted octanol–water partition coefficient (Wildman–Crippen LogP) is 1.63. The van der Waals surface area contributed by atoms with Crippen molar-refractivity contribution in [2.75, 3.05) is 5.73 Å². The lowest BCUT2D eigenvalue weighted by Gasteiger charge is -1.96. The van der Waals surface area contributed by atoms with Gasteiger partial charge in [-0.2, -0.15) is 0 Å². The summed E-state index contributed by atoms with van der Waals surface area (Å²) >= 11 is 0. The summed E-state index contributed by atoms with van der Waals surface area (Å²) in [6.45, 7) is 1.94. The lowest BCUT2D eigenvalue weighted by molar-refractivity contribution is 0.575. The van der Waals surface area contributed by atoms with E-state index in [4.69, 9.17) is 10.2 Å². The summed E-state index contributed by atoms with van der Waals surface area (Å²) in [5.41, 5.74) is 7.03. The Morgan fingerprint density at radius 3 is 2.54 bits per heavy atom. The molecule has 4 nitrogen and oxygen atoms in total. The van der Waals surface area contributed by atoms with E-state index in [9.17, 15) is 0 Å². The molecular weight excluding hydrogens is 166 g/mol. The van der Waals surface area contributed by atoms with E-state index in [1.165, 1.54) is 0 Å². The molecule has 0 spiro atoms. The molecule has 2 heterocycles. The minimum absolute atomic E-state index is 0.549. The largest absolute Gasteiger partial charge is 0.461 e. The van der Waals surface area contributed by atoms with Gasteiger partial charge < -0.3 is 10.2 Å². The zero-order chi connectivity index (χ0) is 9.26. The van der Waals surface area contributed by atoms with E-state index in [1.807, 2.05) is 13.0 Å². The fraction of sp³-hybridized carbons (Fsp3) is 0.111. The highest BCUT2D eigenvalue weighted by atomic mass is 16.3. The van der Waals surface area contributed by atoms with Crippen molar-refractivity contribution >= 4 is 5.69 Å². The highest BCUT2D eigenvalue weighted by Crippen LogP contribution is 2.19. The van der Waals surface area contributed by atoms with E-state index < -0.39 is 0 Å². The van der Waals surface area contributed by atoms with Gasteiger partial charge in [-0.05, 0) is 18.6 Å². The molecule has 0 bridgehead atoms. The van der Waals surface area contributed by atoms with Gasteiger partial charge in [0.05, 0.1) is 24.3 Å². The molecule has 2 rings (SSSR count). The number of aryl methyl sites for hydroxylation is 1.